The van der Waals surface area contributed by atoms with Gasteiger partial charge in [-0.3, -0.25) is 9.59 Å². The van der Waals surface area contributed by atoms with E-state index in [2.05, 4.69) is 0 Å². The molecule has 6 heteroatoms. The van der Waals surface area contributed by atoms with Gasteiger partial charge in [0, 0.05) is 29.1 Å². The monoisotopic (exact) mass is 358 g/mol. The molecule has 25 heavy (non-hydrogen) atoms. The number of halogens is 1. The van der Waals surface area contributed by atoms with Gasteiger partial charge in [-0.05, 0) is 42.3 Å². The summed E-state index contributed by atoms with van der Waals surface area (Å²) in [7, 11) is 0. The van der Waals surface area contributed by atoms with E-state index in [9.17, 15) is 14.7 Å². The predicted octanol–water partition coefficient (Wildman–Crippen LogP) is 2.26. The molecule has 0 saturated carbocycles. The summed E-state index contributed by atoms with van der Waals surface area (Å²) < 4.78 is 0. The lowest BCUT2D eigenvalue weighted by atomic mass is 9.94. The Bertz CT molecular complexity index is 824. The van der Waals surface area contributed by atoms with Crippen molar-refractivity contribution in [3.05, 3.63) is 70.2 Å². The summed E-state index contributed by atoms with van der Waals surface area (Å²) in [5, 5.41) is 11.5. The molecule has 1 aliphatic heterocycles. The number of benzene rings is 2. The van der Waals surface area contributed by atoms with Crippen LogP contribution in [0.1, 0.15) is 32.7 Å². The van der Waals surface area contributed by atoms with Crippen LogP contribution in [-0.2, 0) is 6.42 Å². The molecule has 1 heterocycles. The van der Waals surface area contributed by atoms with E-state index >= 15 is 0 Å². The molecule has 0 spiro atoms. The quantitative estimate of drug-likeness (QED) is 0.879. The van der Waals surface area contributed by atoms with Crippen LogP contribution in [0.25, 0.3) is 0 Å². The van der Waals surface area contributed by atoms with E-state index in [4.69, 9.17) is 17.3 Å². The number of hydrogen-bond donors (Lipinski definition) is 2. The largest absolute Gasteiger partial charge is 0.388 e. The normalized spacial score (nSPS) is 19.8. The van der Waals surface area contributed by atoms with Crippen molar-refractivity contribution in [3.63, 3.8) is 0 Å². The number of aliphatic hydroxyl groups is 1. The number of primary amides is 1. The minimum absolute atomic E-state index is 0.217. The number of hydrogen-bond acceptors (Lipinski definition) is 3. The Morgan fingerprint density at radius 2 is 1.88 bits per heavy atom. The highest BCUT2D eigenvalue weighted by Crippen LogP contribution is 2.27. The fraction of sp³-hybridized carbons (Fsp3) is 0.263. The van der Waals surface area contributed by atoms with Crippen molar-refractivity contribution in [2.24, 2.45) is 5.73 Å². The maximum atomic E-state index is 12.7. The molecule has 2 aromatic carbocycles. The van der Waals surface area contributed by atoms with E-state index in [0.29, 0.717) is 35.5 Å². The van der Waals surface area contributed by atoms with E-state index < -0.39 is 11.5 Å². The van der Waals surface area contributed by atoms with Gasteiger partial charge in [0.15, 0.2) is 0 Å². The first-order chi connectivity index (χ1) is 11.9. The smallest absolute Gasteiger partial charge is 0.253 e. The standard InChI is InChI=1S/C19H19ClN2O3/c20-16-6-1-3-13(9-16)11-19(25)7-8-22(12-19)18(24)15-5-2-4-14(10-15)17(21)23/h1-6,9-10,25H,7-8,11-12H2,(H2,21,23). The fourth-order valence-corrected chi connectivity index (χ4v) is 3.40. The van der Waals surface area contributed by atoms with Crippen molar-refractivity contribution < 1.29 is 14.7 Å². The van der Waals surface area contributed by atoms with Crippen LogP contribution in [0.5, 0.6) is 0 Å². The van der Waals surface area contributed by atoms with Crippen LogP contribution in [0.15, 0.2) is 48.5 Å². The summed E-state index contributed by atoms with van der Waals surface area (Å²) >= 11 is 5.99. The summed E-state index contributed by atoms with van der Waals surface area (Å²) in [5.41, 5.74) is 5.89. The van der Waals surface area contributed by atoms with E-state index in [-0.39, 0.29) is 12.5 Å². The van der Waals surface area contributed by atoms with Crippen LogP contribution in [0, 0.1) is 0 Å². The van der Waals surface area contributed by atoms with Gasteiger partial charge in [-0.2, -0.15) is 0 Å². The number of β-amino-alcohol motifs (C(OH)–C–C–N with tert-alkyl or cyclic N) is 1. The zero-order valence-corrected chi connectivity index (χ0v) is 14.4. The third-order valence-corrected chi connectivity index (χ3v) is 4.67. The first-order valence-electron chi connectivity index (χ1n) is 8.02. The Morgan fingerprint density at radius 1 is 1.16 bits per heavy atom. The molecule has 1 unspecified atom stereocenters. The first kappa shape index (κ1) is 17.5. The summed E-state index contributed by atoms with van der Waals surface area (Å²) in [6.07, 6.45) is 0.916. The van der Waals surface area contributed by atoms with Crippen LogP contribution in [-0.4, -0.2) is 40.5 Å². The lowest BCUT2D eigenvalue weighted by Gasteiger charge is -2.23. The average molecular weight is 359 g/mol. The number of amides is 2. The lowest BCUT2D eigenvalue weighted by molar-refractivity contribution is 0.0445. The molecule has 130 valence electrons. The van der Waals surface area contributed by atoms with E-state index in [1.54, 1.807) is 29.2 Å². The molecule has 5 nitrogen and oxygen atoms in total. The third kappa shape index (κ3) is 4.00. The fourth-order valence-electron chi connectivity index (χ4n) is 3.19. The lowest BCUT2D eigenvalue weighted by Crippen LogP contribution is -2.37. The van der Waals surface area contributed by atoms with Crippen LogP contribution in [0.4, 0.5) is 0 Å². The second-order valence-electron chi connectivity index (χ2n) is 6.45. The van der Waals surface area contributed by atoms with Crippen LogP contribution in [0.2, 0.25) is 5.02 Å². The predicted molar refractivity (Wildman–Crippen MR) is 95.6 cm³/mol. The minimum Gasteiger partial charge on any atom is -0.388 e. The van der Waals surface area contributed by atoms with Gasteiger partial charge in [0.1, 0.15) is 0 Å². The highest BCUT2D eigenvalue weighted by molar-refractivity contribution is 6.30. The molecule has 1 saturated heterocycles. The number of likely N-dealkylation sites (tertiary alicyclic amines) is 1. The SMILES string of the molecule is NC(=O)c1cccc(C(=O)N2CCC(O)(Cc3cccc(Cl)c3)C2)c1. The number of carbonyl (C=O) groups is 2. The topological polar surface area (TPSA) is 83.6 Å². The zero-order valence-electron chi connectivity index (χ0n) is 13.6. The molecule has 3 N–H and O–H groups in total. The highest BCUT2D eigenvalue weighted by atomic mass is 35.5. The molecule has 1 fully saturated rings. The van der Waals surface area contributed by atoms with Crippen molar-refractivity contribution in [3.8, 4) is 0 Å². The third-order valence-electron chi connectivity index (χ3n) is 4.44. The maximum Gasteiger partial charge on any atom is 0.253 e. The van der Waals surface area contributed by atoms with Crippen LogP contribution in [0.3, 0.4) is 0 Å². The Morgan fingerprint density at radius 3 is 2.60 bits per heavy atom. The molecule has 3 rings (SSSR count). The molecule has 0 aromatic heterocycles. The summed E-state index contributed by atoms with van der Waals surface area (Å²) in [6.45, 7) is 0.690. The molecule has 2 aromatic rings. The van der Waals surface area contributed by atoms with E-state index in [1.807, 2.05) is 18.2 Å². The van der Waals surface area contributed by atoms with Gasteiger partial charge < -0.3 is 15.7 Å². The highest BCUT2D eigenvalue weighted by Gasteiger charge is 2.38. The van der Waals surface area contributed by atoms with Crippen LogP contribution >= 0.6 is 11.6 Å². The summed E-state index contributed by atoms with van der Waals surface area (Å²) in [6, 6.07) is 13.7. The van der Waals surface area contributed by atoms with Crippen molar-refractivity contribution in [2.75, 3.05) is 13.1 Å². The van der Waals surface area contributed by atoms with Crippen molar-refractivity contribution in [1.29, 1.82) is 0 Å². The van der Waals surface area contributed by atoms with Crippen LogP contribution < -0.4 is 5.73 Å². The van der Waals surface area contributed by atoms with Crippen molar-refractivity contribution in [1.82, 2.24) is 4.90 Å². The summed E-state index contributed by atoms with van der Waals surface area (Å²) in [4.78, 5) is 25.5. The van der Waals surface area contributed by atoms with Gasteiger partial charge in [-0.15, -0.1) is 0 Å². The Labute approximate surface area is 151 Å². The molecule has 1 aliphatic rings. The van der Waals surface area contributed by atoms with Crippen molar-refractivity contribution >= 4 is 23.4 Å². The van der Waals surface area contributed by atoms with E-state index in [0.717, 1.165) is 5.56 Å². The Kier molecular flexibility index (Phi) is 4.79. The Hall–Kier alpha value is -2.37. The zero-order chi connectivity index (χ0) is 18.0. The maximum absolute atomic E-state index is 12.7. The van der Waals surface area contributed by atoms with Crippen molar-refractivity contribution in [2.45, 2.75) is 18.4 Å². The van der Waals surface area contributed by atoms with Gasteiger partial charge in [-0.25, -0.2) is 0 Å². The Balaban J connectivity index is 1.72. The molecular formula is C19H19ClN2O3. The van der Waals surface area contributed by atoms with Gasteiger partial charge in [0.25, 0.3) is 5.91 Å². The molecule has 1 atom stereocenters. The summed E-state index contributed by atoms with van der Waals surface area (Å²) in [5.74, 6) is -0.793. The second kappa shape index (κ2) is 6.86. The first-order valence-corrected chi connectivity index (χ1v) is 8.40. The number of nitrogens with zero attached hydrogens (tertiary/aromatic N) is 1. The average Bonchev–Trinajstić information content (AvgIpc) is 2.96. The molecule has 0 bridgehead atoms. The van der Waals surface area contributed by atoms with Gasteiger partial charge >= 0.3 is 0 Å². The number of carbonyl (C=O) groups excluding carboxylic acids is 2. The van der Waals surface area contributed by atoms with Gasteiger partial charge in [0.2, 0.25) is 5.91 Å². The van der Waals surface area contributed by atoms with Gasteiger partial charge in [0.05, 0.1) is 12.1 Å². The molecule has 0 aliphatic carbocycles. The molecular weight excluding hydrogens is 340 g/mol. The van der Waals surface area contributed by atoms with E-state index in [1.165, 1.54) is 6.07 Å². The number of nitrogens with two attached hydrogens (primary N) is 1. The second-order valence-corrected chi connectivity index (χ2v) is 6.89. The molecule has 2 amide bonds. The number of rotatable bonds is 4. The minimum atomic E-state index is -0.984. The van der Waals surface area contributed by atoms with Gasteiger partial charge in [-0.1, -0.05) is 29.8 Å². The molecule has 0 radical (unpaired) electrons.